The molecular weight excluding hydrogens is 366 g/mol. The van der Waals surface area contributed by atoms with Gasteiger partial charge < -0.3 is 15.0 Å². The molecule has 2 fully saturated rings. The van der Waals surface area contributed by atoms with Gasteiger partial charge in [-0.1, -0.05) is 6.07 Å². The lowest BCUT2D eigenvalue weighted by atomic mass is 9.99. The third kappa shape index (κ3) is 3.65. The summed E-state index contributed by atoms with van der Waals surface area (Å²) in [6, 6.07) is 8.66. The number of methoxy groups -OCH3 is 1. The third-order valence-electron chi connectivity index (χ3n) is 5.21. The van der Waals surface area contributed by atoms with Crippen LogP contribution in [0.1, 0.15) is 17.9 Å². The van der Waals surface area contributed by atoms with E-state index in [1.807, 2.05) is 0 Å². The molecule has 8 heteroatoms. The first-order valence-electron chi connectivity index (χ1n) is 9.23. The molecule has 0 saturated carbocycles. The van der Waals surface area contributed by atoms with Crippen molar-refractivity contribution in [3.63, 3.8) is 0 Å². The van der Waals surface area contributed by atoms with Crippen LogP contribution in [0.5, 0.6) is 5.75 Å². The van der Waals surface area contributed by atoms with Crippen molar-refractivity contribution >= 4 is 17.3 Å². The number of nitrogens with one attached hydrogen (secondary N) is 3. The molecule has 2 aromatic rings. The fourth-order valence-corrected chi connectivity index (χ4v) is 3.73. The summed E-state index contributed by atoms with van der Waals surface area (Å²) in [5.74, 6) is -0.483. The number of amides is 1. The van der Waals surface area contributed by atoms with Gasteiger partial charge in [0, 0.05) is 49.1 Å². The van der Waals surface area contributed by atoms with Crippen LogP contribution in [0, 0.1) is 11.6 Å². The van der Waals surface area contributed by atoms with E-state index in [9.17, 15) is 13.6 Å². The van der Waals surface area contributed by atoms with Crippen LogP contribution in [-0.2, 0) is 4.79 Å². The molecule has 28 heavy (non-hydrogen) atoms. The second-order valence-corrected chi connectivity index (χ2v) is 7.02. The number of hydrogen-bond donors (Lipinski definition) is 3. The molecule has 3 N–H and O–H groups in total. The van der Waals surface area contributed by atoms with Gasteiger partial charge in [-0.05, 0) is 30.2 Å². The highest BCUT2D eigenvalue weighted by Crippen LogP contribution is 2.29. The first-order chi connectivity index (χ1) is 13.5. The molecule has 2 heterocycles. The van der Waals surface area contributed by atoms with E-state index >= 15 is 0 Å². The standard InChI is InChI=1S/C20H22F2N4O2/c1-28-16-7-13(21)6-14(8-16)25-19-4-5-26(20(19)27)15-2-3-17(18(22)9-15)12-10-23-24-11-12/h2-3,6-9,12,19,23-25H,4-5,10-11H2,1H3. The number of hydrogen-bond acceptors (Lipinski definition) is 5. The highest BCUT2D eigenvalue weighted by Gasteiger charge is 2.33. The van der Waals surface area contributed by atoms with Crippen LogP contribution < -0.4 is 25.8 Å². The first-order valence-corrected chi connectivity index (χ1v) is 9.23. The maximum atomic E-state index is 14.6. The summed E-state index contributed by atoms with van der Waals surface area (Å²) in [4.78, 5) is 14.4. The van der Waals surface area contributed by atoms with Gasteiger partial charge >= 0.3 is 0 Å². The van der Waals surface area contributed by atoms with E-state index in [2.05, 4.69) is 16.2 Å². The van der Waals surface area contributed by atoms with Crippen LogP contribution in [0.15, 0.2) is 36.4 Å². The molecule has 1 unspecified atom stereocenters. The van der Waals surface area contributed by atoms with Crippen molar-refractivity contribution in [1.82, 2.24) is 10.9 Å². The molecule has 0 radical (unpaired) electrons. The molecule has 2 aromatic carbocycles. The lowest BCUT2D eigenvalue weighted by Gasteiger charge is -2.19. The van der Waals surface area contributed by atoms with Crippen LogP contribution in [0.2, 0.25) is 0 Å². The minimum absolute atomic E-state index is 0.0701. The molecule has 0 aliphatic carbocycles. The number of benzene rings is 2. The molecule has 0 aromatic heterocycles. The van der Waals surface area contributed by atoms with E-state index in [4.69, 9.17) is 4.74 Å². The zero-order chi connectivity index (χ0) is 19.7. The normalized spacial score (nSPS) is 20.0. The van der Waals surface area contributed by atoms with Crippen molar-refractivity contribution in [2.45, 2.75) is 18.4 Å². The summed E-state index contributed by atoms with van der Waals surface area (Å²) in [6.45, 7) is 1.80. The van der Waals surface area contributed by atoms with Gasteiger partial charge in [-0.3, -0.25) is 15.6 Å². The topological polar surface area (TPSA) is 65.6 Å². The van der Waals surface area contributed by atoms with Crippen molar-refractivity contribution in [1.29, 1.82) is 0 Å². The monoisotopic (exact) mass is 388 g/mol. The molecule has 4 rings (SSSR count). The highest BCUT2D eigenvalue weighted by atomic mass is 19.1. The zero-order valence-corrected chi connectivity index (χ0v) is 15.5. The van der Waals surface area contributed by atoms with E-state index in [1.54, 1.807) is 23.1 Å². The largest absolute Gasteiger partial charge is 0.497 e. The van der Waals surface area contributed by atoms with E-state index in [-0.39, 0.29) is 17.6 Å². The number of carbonyl (C=O) groups excluding carboxylic acids is 1. The third-order valence-corrected chi connectivity index (χ3v) is 5.21. The zero-order valence-electron chi connectivity index (χ0n) is 15.5. The number of ether oxygens (including phenoxy) is 1. The Morgan fingerprint density at radius 3 is 2.64 bits per heavy atom. The van der Waals surface area contributed by atoms with Gasteiger partial charge in [-0.15, -0.1) is 0 Å². The molecule has 148 valence electrons. The smallest absolute Gasteiger partial charge is 0.249 e. The predicted octanol–water partition coefficient (Wildman–Crippen LogP) is 2.38. The summed E-state index contributed by atoms with van der Waals surface area (Å²) in [5, 5.41) is 3.06. The molecule has 1 atom stereocenters. The Morgan fingerprint density at radius 2 is 1.93 bits per heavy atom. The molecule has 1 amide bonds. The Morgan fingerprint density at radius 1 is 1.14 bits per heavy atom. The highest BCUT2D eigenvalue weighted by molar-refractivity contribution is 6.01. The van der Waals surface area contributed by atoms with Gasteiger partial charge in [0.1, 0.15) is 23.4 Å². The second-order valence-electron chi connectivity index (χ2n) is 7.02. The number of nitrogens with zero attached hydrogens (tertiary/aromatic N) is 1. The van der Waals surface area contributed by atoms with E-state index in [1.165, 1.54) is 25.3 Å². The van der Waals surface area contributed by atoms with Crippen LogP contribution in [0.4, 0.5) is 20.2 Å². The van der Waals surface area contributed by atoms with Crippen LogP contribution in [0.25, 0.3) is 0 Å². The minimum atomic E-state index is -0.502. The number of anilines is 2. The Kier molecular flexibility index (Phi) is 5.15. The fraction of sp³-hybridized carbons (Fsp3) is 0.350. The molecular formula is C20H22F2N4O2. The Bertz CT molecular complexity index is 887. The Hall–Kier alpha value is -2.71. The number of carbonyl (C=O) groups is 1. The molecule has 2 saturated heterocycles. The predicted molar refractivity (Wildman–Crippen MR) is 102 cm³/mol. The summed E-state index contributed by atoms with van der Waals surface area (Å²) in [6.07, 6.45) is 0.539. The van der Waals surface area contributed by atoms with Crippen molar-refractivity contribution in [2.24, 2.45) is 0 Å². The average molecular weight is 388 g/mol. The van der Waals surface area contributed by atoms with Gasteiger partial charge in [-0.25, -0.2) is 8.78 Å². The molecule has 2 aliphatic heterocycles. The Labute approximate surface area is 161 Å². The van der Waals surface area contributed by atoms with Gasteiger partial charge in [0.2, 0.25) is 5.91 Å². The lowest BCUT2D eigenvalue weighted by molar-refractivity contribution is -0.117. The molecule has 6 nitrogen and oxygen atoms in total. The number of halogens is 2. The van der Waals surface area contributed by atoms with Gasteiger partial charge in [-0.2, -0.15) is 0 Å². The molecule has 0 spiro atoms. The van der Waals surface area contributed by atoms with E-state index in [0.717, 1.165) is 0 Å². The van der Waals surface area contributed by atoms with Gasteiger partial charge in [0.25, 0.3) is 0 Å². The summed E-state index contributed by atoms with van der Waals surface area (Å²) in [7, 11) is 1.46. The number of rotatable bonds is 5. The van der Waals surface area contributed by atoms with Crippen molar-refractivity contribution in [3.8, 4) is 5.75 Å². The summed E-state index contributed by atoms with van der Waals surface area (Å²) >= 11 is 0. The Balaban J connectivity index is 1.48. The van der Waals surface area contributed by atoms with Crippen LogP contribution in [-0.4, -0.2) is 38.7 Å². The van der Waals surface area contributed by atoms with Gasteiger partial charge in [0.05, 0.1) is 7.11 Å². The van der Waals surface area contributed by atoms with Crippen LogP contribution in [0.3, 0.4) is 0 Å². The first kappa shape index (κ1) is 18.6. The second kappa shape index (κ2) is 7.73. The average Bonchev–Trinajstić information content (AvgIpc) is 3.32. The maximum absolute atomic E-state index is 14.6. The van der Waals surface area contributed by atoms with Crippen molar-refractivity contribution < 1.29 is 18.3 Å². The van der Waals surface area contributed by atoms with Crippen molar-refractivity contribution in [3.05, 3.63) is 53.6 Å². The molecule has 2 aliphatic rings. The number of hydrazine groups is 1. The van der Waals surface area contributed by atoms with E-state index < -0.39 is 11.9 Å². The fourth-order valence-electron chi connectivity index (χ4n) is 3.73. The minimum Gasteiger partial charge on any atom is -0.497 e. The van der Waals surface area contributed by atoms with Gasteiger partial charge in [0.15, 0.2) is 0 Å². The molecule has 0 bridgehead atoms. The lowest BCUT2D eigenvalue weighted by Crippen LogP contribution is -2.33. The van der Waals surface area contributed by atoms with E-state index in [0.29, 0.717) is 48.7 Å². The quantitative estimate of drug-likeness (QED) is 0.734. The SMILES string of the molecule is COc1cc(F)cc(NC2CCN(c3ccc(C4CNNC4)c(F)c3)C2=O)c1. The van der Waals surface area contributed by atoms with Crippen molar-refractivity contribution in [2.75, 3.05) is 37.0 Å². The maximum Gasteiger partial charge on any atom is 0.249 e. The summed E-state index contributed by atoms with van der Waals surface area (Å²) in [5.41, 5.74) is 7.62. The summed E-state index contributed by atoms with van der Waals surface area (Å²) < 4.78 is 33.3. The van der Waals surface area contributed by atoms with Crippen LogP contribution >= 0.6 is 0 Å².